The summed E-state index contributed by atoms with van der Waals surface area (Å²) in [5.74, 6) is 1.06. The van der Waals surface area contributed by atoms with Gasteiger partial charge in [-0.3, -0.25) is 9.59 Å². The van der Waals surface area contributed by atoms with E-state index in [9.17, 15) is 9.59 Å². The molecule has 7 nitrogen and oxygen atoms in total. The first-order valence-corrected chi connectivity index (χ1v) is 7.42. The minimum Gasteiger partial charge on any atom is -0.454 e. The first-order valence-electron chi connectivity index (χ1n) is 6.54. The van der Waals surface area contributed by atoms with Crippen LogP contribution in [0.4, 0.5) is 5.69 Å². The Morgan fingerprint density at radius 1 is 1.36 bits per heavy atom. The van der Waals surface area contributed by atoms with Crippen LogP contribution in [0.15, 0.2) is 40.4 Å². The quantitative estimate of drug-likeness (QED) is 0.657. The molecule has 0 saturated heterocycles. The molecule has 8 heteroatoms. The van der Waals surface area contributed by atoms with Crippen LogP contribution in [-0.4, -0.2) is 27.9 Å². The van der Waals surface area contributed by atoms with Gasteiger partial charge in [-0.15, -0.1) is 0 Å². The Morgan fingerprint density at radius 3 is 3.00 bits per heavy atom. The molecule has 1 amide bonds. The van der Waals surface area contributed by atoms with Crippen LogP contribution in [0.3, 0.4) is 0 Å². The van der Waals surface area contributed by atoms with Gasteiger partial charge in [-0.2, -0.15) is 0 Å². The molecule has 1 aliphatic heterocycles. The van der Waals surface area contributed by atoms with Gasteiger partial charge in [0.2, 0.25) is 12.7 Å². The summed E-state index contributed by atoms with van der Waals surface area (Å²) in [5.41, 5.74) is 0.372. The van der Waals surface area contributed by atoms with E-state index < -0.39 is 5.25 Å². The lowest BCUT2D eigenvalue weighted by Crippen LogP contribution is -2.23. The normalized spacial score (nSPS) is 13.7. The molecule has 1 aromatic carbocycles. The van der Waals surface area contributed by atoms with Gasteiger partial charge < -0.3 is 19.8 Å². The highest BCUT2D eigenvalue weighted by atomic mass is 32.2. The number of anilines is 1. The van der Waals surface area contributed by atoms with Crippen molar-refractivity contribution in [3.8, 4) is 11.5 Å². The third kappa shape index (κ3) is 3.22. The number of carbonyl (C=O) groups excluding carboxylic acids is 1. The van der Waals surface area contributed by atoms with Crippen molar-refractivity contribution in [2.45, 2.75) is 17.3 Å². The van der Waals surface area contributed by atoms with Crippen molar-refractivity contribution in [2.24, 2.45) is 0 Å². The number of hydrogen-bond donors (Lipinski definition) is 2. The third-order valence-electron chi connectivity index (χ3n) is 2.95. The summed E-state index contributed by atoms with van der Waals surface area (Å²) < 4.78 is 10.5. The number of rotatable bonds is 4. The smallest absolute Gasteiger partial charge is 0.251 e. The van der Waals surface area contributed by atoms with E-state index in [-0.39, 0.29) is 18.3 Å². The molecule has 0 aliphatic carbocycles. The van der Waals surface area contributed by atoms with Crippen LogP contribution < -0.4 is 20.3 Å². The number of nitrogens with one attached hydrogen (secondary N) is 2. The van der Waals surface area contributed by atoms with Gasteiger partial charge in [0.15, 0.2) is 16.7 Å². The van der Waals surface area contributed by atoms with E-state index in [1.165, 1.54) is 24.0 Å². The highest BCUT2D eigenvalue weighted by Gasteiger charge is 2.18. The van der Waals surface area contributed by atoms with Crippen molar-refractivity contribution < 1.29 is 14.3 Å². The fourth-order valence-electron chi connectivity index (χ4n) is 1.85. The highest BCUT2D eigenvalue weighted by Crippen LogP contribution is 2.34. The molecular weight excluding hydrogens is 306 g/mol. The summed E-state index contributed by atoms with van der Waals surface area (Å²) >= 11 is 1.18. The average Bonchev–Trinajstić information content (AvgIpc) is 2.94. The van der Waals surface area contributed by atoms with Crippen molar-refractivity contribution >= 4 is 23.4 Å². The molecule has 0 spiro atoms. The number of fused-ring (bicyclic) bond motifs is 1. The van der Waals surface area contributed by atoms with Crippen molar-refractivity contribution in [1.82, 2.24) is 9.97 Å². The van der Waals surface area contributed by atoms with Gasteiger partial charge in [0.1, 0.15) is 0 Å². The van der Waals surface area contributed by atoms with E-state index in [4.69, 9.17) is 9.47 Å². The van der Waals surface area contributed by atoms with E-state index in [1.54, 1.807) is 25.1 Å². The number of aromatic amines is 1. The maximum atomic E-state index is 12.2. The monoisotopic (exact) mass is 319 g/mol. The van der Waals surface area contributed by atoms with Crippen LogP contribution in [0.1, 0.15) is 6.92 Å². The highest BCUT2D eigenvalue weighted by molar-refractivity contribution is 8.00. The zero-order valence-corrected chi connectivity index (χ0v) is 12.5. The van der Waals surface area contributed by atoms with Gasteiger partial charge >= 0.3 is 0 Å². The van der Waals surface area contributed by atoms with Crippen LogP contribution in [0.2, 0.25) is 0 Å². The summed E-state index contributed by atoms with van der Waals surface area (Å²) in [7, 11) is 0. The lowest BCUT2D eigenvalue weighted by molar-refractivity contribution is -0.115. The Labute approximate surface area is 130 Å². The summed E-state index contributed by atoms with van der Waals surface area (Å²) in [6.07, 6.45) is 1.41. The van der Waals surface area contributed by atoms with Gasteiger partial charge in [0.05, 0.1) is 5.25 Å². The Bertz CT molecular complexity index is 762. The Kier molecular flexibility index (Phi) is 4.01. The second-order valence-electron chi connectivity index (χ2n) is 4.56. The van der Waals surface area contributed by atoms with E-state index in [0.717, 1.165) is 0 Å². The number of thioether (sulfide) groups is 1. The second-order valence-corrected chi connectivity index (χ2v) is 5.89. The van der Waals surface area contributed by atoms with Gasteiger partial charge in [0.25, 0.3) is 5.56 Å². The largest absolute Gasteiger partial charge is 0.454 e. The lowest BCUT2D eigenvalue weighted by Gasteiger charge is -2.11. The van der Waals surface area contributed by atoms with E-state index >= 15 is 0 Å². The summed E-state index contributed by atoms with van der Waals surface area (Å²) in [6, 6.07) is 6.51. The van der Waals surface area contributed by atoms with E-state index in [1.807, 2.05) is 0 Å². The number of amides is 1. The average molecular weight is 319 g/mol. The molecule has 0 fully saturated rings. The van der Waals surface area contributed by atoms with Gasteiger partial charge in [-0.05, 0) is 19.1 Å². The lowest BCUT2D eigenvalue weighted by atomic mass is 10.2. The number of nitrogens with zero attached hydrogens (tertiary/aromatic N) is 1. The summed E-state index contributed by atoms with van der Waals surface area (Å²) in [5, 5.41) is 2.77. The zero-order valence-electron chi connectivity index (χ0n) is 11.7. The first kappa shape index (κ1) is 14.5. The second kappa shape index (κ2) is 6.10. The zero-order chi connectivity index (χ0) is 15.5. The van der Waals surface area contributed by atoms with Crippen molar-refractivity contribution in [3.63, 3.8) is 0 Å². The van der Waals surface area contributed by atoms with Gasteiger partial charge in [-0.1, -0.05) is 11.8 Å². The standard InChI is InChI=1S/C14H13N3O4S/c1-8(22-14-15-5-4-12(18)17-14)13(19)16-9-2-3-10-11(6-9)21-7-20-10/h2-6,8H,7H2,1H3,(H,16,19)(H,15,17,18)/t8-/m0/s1. The number of carbonyl (C=O) groups is 1. The third-order valence-corrected chi connectivity index (χ3v) is 3.94. The van der Waals surface area contributed by atoms with Crippen molar-refractivity contribution in [1.29, 1.82) is 0 Å². The molecule has 2 N–H and O–H groups in total. The molecule has 1 aromatic heterocycles. The number of H-pyrrole nitrogens is 1. The minimum absolute atomic E-state index is 0.187. The molecule has 0 bridgehead atoms. The van der Waals surface area contributed by atoms with Crippen molar-refractivity contribution in [2.75, 3.05) is 12.1 Å². The van der Waals surface area contributed by atoms with Crippen LogP contribution in [0.5, 0.6) is 11.5 Å². The minimum atomic E-state index is -0.420. The van der Waals surface area contributed by atoms with E-state index in [2.05, 4.69) is 15.3 Å². The molecule has 22 heavy (non-hydrogen) atoms. The maximum Gasteiger partial charge on any atom is 0.251 e. The molecule has 2 heterocycles. The molecule has 1 aliphatic rings. The number of ether oxygens (including phenoxy) is 2. The van der Waals surface area contributed by atoms with Crippen LogP contribution in [0.25, 0.3) is 0 Å². The molecule has 0 unspecified atom stereocenters. The number of benzene rings is 1. The number of hydrogen-bond acceptors (Lipinski definition) is 6. The Hall–Kier alpha value is -2.48. The van der Waals surface area contributed by atoms with Crippen LogP contribution in [0, 0.1) is 0 Å². The molecule has 3 rings (SSSR count). The predicted octanol–water partition coefficient (Wildman–Crippen LogP) is 1.62. The first-order chi connectivity index (χ1) is 10.6. The Balaban J connectivity index is 1.65. The molecular formula is C14H13N3O4S. The van der Waals surface area contributed by atoms with Gasteiger partial charge in [-0.25, -0.2) is 4.98 Å². The van der Waals surface area contributed by atoms with Gasteiger partial charge in [0, 0.05) is 24.0 Å². The predicted molar refractivity (Wildman–Crippen MR) is 81.4 cm³/mol. The molecule has 0 radical (unpaired) electrons. The summed E-state index contributed by atoms with van der Waals surface area (Å²) in [4.78, 5) is 30.0. The Morgan fingerprint density at radius 2 is 2.18 bits per heavy atom. The topological polar surface area (TPSA) is 93.3 Å². The molecule has 0 saturated carbocycles. The van der Waals surface area contributed by atoms with Crippen molar-refractivity contribution in [3.05, 3.63) is 40.8 Å². The van der Waals surface area contributed by atoms with E-state index in [0.29, 0.717) is 22.3 Å². The molecule has 114 valence electrons. The molecule has 1 atom stereocenters. The fraction of sp³-hybridized carbons (Fsp3) is 0.214. The van der Waals surface area contributed by atoms with Crippen LogP contribution >= 0.6 is 11.8 Å². The molecule has 2 aromatic rings. The SMILES string of the molecule is C[C@H](Sc1nccc(=O)[nH]1)C(=O)Nc1ccc2c(c1)OCO2. The summed E-state index contributed by atoms with van der Waals surface area (Å²) in [6.45, 7) is 1.92. The number of aromatic nitrogens is 2. The maximum absolute atomic E-state index is 12.2. The van der Waals surface area contributed by atoms with Crippen LogP contribution in [-0.2, 0) is 4.79 Å². The fourth-order valence-corrected chi connectivity index (χ4v) is 2.63.